The molecule has 1 aromatic heterocycles. The zero-order valence-electron chi connectivity index (χ0n) is 10.9. The Labute approximate surface area is 109 Å². The topological polar surface area (TPSA) is 47.1 Å². The summed E-state index contributed by atoms with van der Waals surface area (Å²) in [6.45, 7) is 10.0. The van der Waals surface area contributed by atoms with E-state index in [0.717, 1.165) is 38.3 Å². The Balaban J connectivity index is 2.62. The summed E-state index contributed by atoms with van der Waals surface area (Å²) in [5.74, 6) is 0. The third-order valence-electron chi connectivity index (χ3n) is 2.79. The minimum Gasteiger partial charge on any atom is -0.393 e. The van der Waals surface area contributed by atoms with Gasteiger partial charge in [-0.2, -0.15) is 5.10 Å². The molecule has 0 unspecified atom stereocenters. The molecule has 0 bridgehead atoms. The molecule has 2 N–H and O–H groups in total. The average molecular weight is 254 g/mol. The fourth-order valence-electron chi connectivity index (χ4n) is 1.85. The van der Waals surface area contributed by atoms with Gasteiger partial charge in [0.25, 0.3) is 0 Å². The van der Waals surface area contributed by atoms with Crippen LogP contribution in [0.25, 0.3) is 0 Å². The standard InChI is InChI=1S/C12H22N4S/c1-4-15(7-6-12(13)17)9-11-8-10(3)14-16(11)5-2/h8H,4-7,9H2,1-3H3,(H2,13,17). The molecule has 5 heteroatoms. The number of rotatable bonds is 7. The lowest BCUT2D eigenvalue weighted by Crippen LogP contribution is -2.28. The lowest BCUT2D eigenvalue weighted by molar-refractivity contribution is 0.279. The number of nitrogens with two attached hydrogens (primary N) is 1. The molecule has 0 atom stereocenters. The van der Waals surface area contributed by atoms with Crippen LogP contribution in [0.5, 0.6) is 0 Å². The van der Waals surface area contributed by atoms with Crippen LogP contribution in [0.3, 0.4) is 0 Å². The van der Waals surface area contributed by atoms with Crippen molar-refractivity contribution in [2.75, 3.05) is 13.1 Å². The van der Waals surface area contributed by atoms with Crippen LogP contribution in [0.1, 0.15) is 31.7 Å². The normalized spacial score (nSPS) is 11.1. The van der Waals surface area contributed by atoms with Gasteiger partial charge in [-0.25, -0.2) is 0 Å². The Hall–Kier alpha value is -0.940. The van der Waals surface area contributed by atoms with Gasteiger partial charge >= 0.3 is 0 Å². The van der Waals surface area contributed by atoms with Crippen LogP contribution in [0.15, 0.2) is 6.07 Å². The van der Waals surface area contributed by atoms with E-state index in [0.29, 0.717) is 4.99 Å². The van der Waals surface area contributed by atoms with Crippen molar-refractivity contribution in [1.29, 1.82) is 0 Å². The van der Waals surface area contributed by atoms with Crippen LogP contribution >= 0.6 is 12.2 Å². The number of hydrogen-bond acceptors (Lipinski definition) is 3. The largest absolute Gasteiger partial charge is 0.393 e. The second-order valence-electron chi connectivity index (χ2n) is 4.18. The van der Waals surface area contributed by atoms with E-state index < -0.39 is 0 Å². The molecular formula is C12H22N4S. The molecule has 1 aromatic rings. The maximum absolute atomic E-state index is 5.54. The zero-order chi connectivity index (χ0) is 12.8. The van der Waals surface area contributed by atoms with E-state index in [-0.39, 0.29) is 0 Å². The highest BCUT2D eigenvalue weighted by atomic mass is 32.1. The first-order valence-electron chi connectivity index (χ1n) is 6.10. The molecule has 96 valence electrons. The van der Waals surface area contributed by atoms with E-state index in [1.807, 2.05) is 6.92 Å². The van der Waals surface area contributed by atoms with Crippen LogP contribution in [-0.4, -0.2) is 32.8 Å². The molecule has 0 aliphatic heterocycles. The summed E-state index contributed by atoms with van der Waals surface area (Å²) in [7, 11) is 0. The quantitative estimate of drug-likeness (QED) is 0.753. The monoisotopic (exact) mass is 254 g/mol. The smallest absolute Gasteiger partial charge is 0.0740 e. The first kappa shape index (κ1) is 14.1. The van der Waals surface area contributed by atoms with Gasteiger partial charge in [0.2, 0.25) is 0 Å². The second-order valence-corrected chi connectivity index (χ2v) is 4.70. The first-order valence-corrected chi connectivity index (χ1v) is 6.51. The number of thiocarbonyl (C=S) groups is 1. The minimum atomic E-state index is 0.587. The van der Waals surface area contributed by atoms with Gasteiger partial charge in [0.1, 0.15) is 0 Å². The summed E-state index contributed by atoms with van der Waals surface area (Å²) >= 11 is 4.91. The first-order chi connectivity index (χ1) is 8.06. The molecule has 0 saturated heterocycles. The van der Waals surface area contributed by atoms with E-state index in [1.54, 1.807) is 0 Å². The summed E-state index contributed by atoms with van der Waals surface area (Å²) in [4.78, 5) is 2.92. The minimum absolute atomic E-state index is 0.587. The Morgan fingerprint density at radius 3 is 2.76 bits per heavy atom. The Kier molecular flexibility index (Phi) is 5.58. The highest BCUT2D eigenvalue weighted by Gasteiger charge is 2.09. The number of nitrogens with zero attached hydrogens (tertiary/aromatic N) is 3. The molecule has 0 amide bonds. The van der Waals surface area contributed by atoms with Crippen molar-refractivity contribution in [3.63, 3.8) is 0 Å². The predicted octanol–water partition coefficient (Wildman–Crippen LogP) is 1.71. The van der Waals surface area contributed by atoms with Crippen LogP contribution in [0.2, 0.25) is 0 Å². The van der Waals surface area contributed by atoms with E-state index in [4.69, 9.17) is 18.0 Å². The van der Waals surface area contributed by atoms with Crippen LogP contribution in [-0.2, 0) is 13.1 Å². The van der Waals surface area contributed by atoms with Crippen LogP contribution in [0, 0.1) is 6.92 Å². The summed E-state index contributed by atoms with van der Waals surface area (Å²) in [5.41, 5.74) is 7.87. The maximum Gasteiger partial charge on any atom is 0.0740 e. The lowest BCUT2D eigenvalue weighted by atomic mass is 10.3. The third kappa shape index (κ3) is 4.44. The fraction of sp³-hybridized carbons (Fsp3) is 0.667. The summed E-state index contributed by atoms with van der Waals surface area (Å²) in [6.07, 6.45) is 0.780. The van der Waals surface area contributed by atoms with Crippen LogP contribution in [0.4, 0.5) is 0 Å². The molecule has 0 aliphatic carbocycles. The van der Waals surface area contributed by atoms with Gasteiger partial charge in [0, 0.05) is 26.1 Å². The lowest BCUT2D eigenvalue weighted by Gasteiger charge is -2.20. The van der Waals surface area contributed by atoms with E-state index in [1.165, 1.54) is 5.69 Å². The van der Waals surface area contributed by atoms with Crippen molar-refractivity contribution in [2.24, 2.45) is 5.73 Å². The average Bonchev–Trinajstić information content (AvgIpc) is 2.64. The Morgan fingerprint density at radius 1 is 1.53 bits per heavy atom. The molecule has 0 fully saturated rings. The Bertz CT molecular complexity index is 373. The SMILES string of the molecule is CCN(CCC(N)=S)Cc1cc(C)nn1CC. The maximum atomic E-state index is 5.54. The highest BCUT2D eigenvalue weighted by Crippen LogP contribution is 2.08. The molecule has 0 spiro atoms. The van der Waals surface area contributed by atoms with Gasteiger partial charge in [-0.1, -0.05) is 19.1 Å². The van der Waals surface area contributed by atoms with E-state index >= 15 is 0 Å². The summed E-state index contributed by atoms with van der Waals surface area (Å²) < 4.78 is 2.05. The molecule has 1 heterocycles. The van der Waals surface area contributed by atoms with Crippen molar-refractivity contribution >= 4 is 17.2 Å². The van der Waals surface area contributed by atoms with Crippen molar-refractivity contribution in [1.82, 2.24) is 14.7 Å². The van der Waals surface area contributed by atoms with E-state index in [2.05, 4.69) is 34.6 Å². The number of hydrogen-bond donors (Lipinski definition) is 1. The highest BCUT2D eigenvalue weighted by molar-refractivity contribution is 7.80. The summed E-state index contributed by atoms with van der Waals surface area (Å²) in [5, 5.41) is 4.45. The fourth-order valence-corrected chi connectivity index (χ4v) is 1.94. The van der Waals surface area contributed by atoms with Gasteiger partial charge in [-0.3, -0.25) is 9.58 Å². The van der Waals surface area contributed by atoms with Crippen molar-refractivity contribution in [3.8, 4) is 0 Å². The van der Waals surface area contributed by atoms with Gasteiger partial charge in [-0.05, 0) is 26.5 Å². The molecule has 0 radical (unpaired) electrons. The third-order valence-corrected chi connectivity index (χ3v) is 3.00. The van der Waals surface area contributed by atoms with E-state index in [9.17, 15) is 0 Å². The zero-order valence-corrected chi connectivity index (χ0v) is 11.8. The van der Waals surface area contributed by atoms with Gasteiger partial charge < -0.3 is 5.73 Å². The van der Waals surface area contributed by atoms with Gasteiger partial charge in [-0.15, -0.1) is 0 Å². The molecular weight excluding hydrogens is 232 g/mol. The number of aryl methyl sites for hydroxylation is 2. The number of aromatic nitrogens is 2. The molecule has 17 heavy (non-hydrogen) atoms. The molecule has 1 rings (SSSR count). The van der Waals surface area contributed by atoms with Crippen LogP contribution < -0.4 is 5.73 Å². The predicted molar refractivity (Wildman–Crippen MR) is 75.0 cm³/mol. The van der Waals surface area contributed by atoms with Gasteiger partial charge in [0.05, 0.1) is 16.4 Å². The van der Waals surface area contributed by atoms with Crippen molar-refractivity contribution in [3.05, 3.63) is 17.5 Å². The molecule has 4 nitrogen and oxygen atoms in total. The molecule has 0 aliphatic rings. The van der Waals surface area contributed by atoms with Crippen molar-refractivity contribution in [2.45, 2.75) is 40.3 Å². The second kappa shape index (κ2) is 6.71. The van der Waals surface area contributed by atoms with Crippen molar-refractivity contribution < 1.29 is 0 Å². The van der Waals surface area contributed by atoms with Gasteiger partial charge in [0.15, 0.2) is 0 Å². The Morgan fingerprint density at radius 2 is 2.24 bits per heavy atom. The molecule has 0 saturated carbocycles. The summed E-state index contributed by atoms with van der Waals surface area (Å²) in [6, 6.07) is 2.15. The molecule has 0 aromatic carbocycles.